The average molecular weight is 931 g/mol. The molecule has 11 N–H and O–H groups in total. The van der Waals surface area contributed by atoms with E-state index in [0.29, 0.717) is 25.2 Å². The Kier molecular flexibility index (Phi) is 15.3. The fourth-order valence-electron chi connectivity index (χ4n) is 13.4. The van der Waals surface area contributed by atoms with Gasteiger partial charge in [-0.3, -0.25) is 4.79 Å². The third kappa shape index (κ3) is 9.02. The molecule has 17 unspecified atom stereocenters. The van der Waals surface area contributed by atoms with Crippen molar-refractivity contribution in [2.45, 2.75) is 204 Å². The number of hydrogen-bond donors (Lipinski definition) is 11. The van der Waals surface area contributed by atoms with Crippen molar-refractivity contribution in [3.63, 3.8) is 0 Å². The summed E-state index contributed by atoms with van der Waals surface area (Å²) >= 11 is 0. The van der Waals surface area contributed by atoms with Crippen molar-refractivity contribution in [2.75, 3.05) is 26.4 Å². The van der Waals surface area contributed by atoms with E-state index < -0.39 is 117 Å². The smallest absolute Gasteiger partial charge is 0.315 e. The summed E-state index contributed by atoms with van der Waals surface area (Å²) in [6, 6.07) is 0. The van der Waals surface area contributed by atoms with Gasteiger partial charge in [0.25, 0.3) is 0 Å². The molecule has 18 nitrogen and oxygen atoms in total. The zero-order valence-electron chi connectivity index (χ0n) is 38.9. The summed E-state index contributed by atoms with van der Waals surface area (Å²) in [5.41, 5.74) is -0.344. The van der Waals surface area contributed by atoms with Crippen LogP contribution in [0, 0.1) is 44.8 Å². The number of carbonyl (C=O) groups is 1. The Bertz CT molecular complexity index is 1680. The van der Waals surface area contributed by atoms with Crippen molar-refractivity contribution in [2.24, 2.45) is 44.8 Å². The van der Waals surface area contributed by atoms with E-state index in [1.165, 1.54) is 5.57 Å². The van der Waals surface area contributed by atoms with E-state index in [2.05, 4.69) is 47.6 Å². The van der Waals surface area contributed by atoms with Gasteiger partial charge in [0.1, 0.15) is 67.1 Å². The highest BCUT2D eigenvalue weighted by Crippen LogP contribution is 2.74. The van der Waals surface area contributed by atoms with Crippen LogP contribution in [-0.2, 0) is 33.2 Å². The summed E-state index contributed by atoms with van der Waals surface area (Å²) in [5, 5.41) is 115. The lowest BCUT2D eigenvalue weighted by Gasteiger charge is -2.68. The fourth-order valence-corrected chi connectivity index (χ4v) is 13.4. The molecule has 3 heterocycles. The van der Waals surface area contributed by atoms with Gasteiger partial charge in [-0.25, -0.2) is 0 Å². The SMILES string of the molecule is CC1CC[C@]2(C)C(CC=C3C4CC(C)(C)CC[C@]4(C(=O)OC4OC(CO)C(O)C(O)C4O)CC[C@]32C)[C@@]1(C)CC[C@@H](CCO)OC1OCC(O)C(OC2OC(CO)C(O)C(O)C2O)C1O. The van der Waals surface area contributed by atoms with Crippen LogP contribution in [0.3, 0.4) is 0 Å². The zero-order chi connectivity index (χ0) is 47.6. The van der Waals surface area contributed by atoms with Gasteiger partial charge in [0, 0.05) is 6.61 Å². The van der Waals surface area contributed by atoms with Crippen LogP contribution in [0.15, 0.2) is 11.6 Å². The van der Waals surface area contributed by atoms with Gasteiger partial charge in [0.2, 0.25) is 6.29 Å². The number of aliphatic hydroxyl groups is 11. The van der Waals surface area contributed by atoms with E-state index >= 15 is 0 Å². The second kappa shape index (κ2) is 19.4. The van der Waals surface area contributed by atoms with E-state index in [1.54, 1.807) is 0 Å². The van der Waals surface area contributed by atoms with Crippen molar-refractivity contribution >= 4 is 5.97 Å². The highest BCUT2D eigenvalue weighted by molar-refractivity contribution is 5.79. The Morgan fingerprint density at radius 1 is 0.754 bits per heavy atom. The van der Waals surface area contributed by atoms with Crippen LogP contribution in [0.25, 0.3) is 0 Å². The molecular formula is C47H78O18. The lowest BCUT2D eigenvalue weighted by atomic mass is 9.35. The number of allylic oxidation sites excluding steroid dienone is 2. The summed E-state index contributed by atoms with van der Waals surface area (Å²) in [6.07, 6.45) is -11.9. The molecule has 0 bridgehead atoms. The van der Waals surface area contributed by atoms with Crippen molar-refractivity contribution in [1.29, 1.82) is 0 Å². The molecule has 3 aliphatic heterocycles. The quantitative estimate of drug-likeness (QED) is 0.0865. The Balaban J connectivity index is 1.09. The molecule has 65 heavy (non-hydrogen) atoms. The van der Waals surface area contributed by atoms with Crippen LogP contribution in [-0.4, -0.2) is 181 Å². The minimum Gasteiger partial charge on any atom is -0.432 e. The van der Waals surface area contributed by atoms with Crippen LogP contribution in [0.2, 0.25) is 0 Å². The van der Waals surface area contributed by atoms with Gasteiger partial charge in [-0.05, 0) is 110 Å². The van der Waals surface area contributed by atoms with E-state index in [0.717, 1.165) is 44.9 Å². The lowest BCUT2D eigenvalue weighted by molar-refractivity contribution is -0.352. The van der Waals surface area contributed by atoms with Gasteiger partial charge >= 0.3 is 5.97 Å². The standard InChI is InChI=1S/C47H78O18/c1-23-9-13-46(6)30(44(23,4)12-10-24(11-18-48)61-39-37(58)38(27(51)22-60-39)64-40-35(56)33(54)31(52)28(20-49)62-40)8-7-25-26-19-43(2,3)14-16-47(26,17-15-45(25,46)5)42(59)65-41-36(57)34(55)32(53)29(21-50)63-41/h7,23-24,26-41,48-58H,8-22H2,1-6H3/t23?,24-,26?,27?,28?,29?,30?,31?,32?,33?,34?,35?,36?,37?,38?,39?,40?,41?,44-,45+,46+,47-/m0/s1. The molecule has 18 heteroatoms. The minimum atomic E-state index is -1.75. The van der Waals surface area contributed by atoms with Crippen LogP contribution in [0.4, 0.5) is 0 Å². The topological polar surface area (TPSA) is 295 Å². The number of fused-ring (bicyclic) bond motifs is 5. The van der Waals surface area contributed by atoms with Gasteiger partial charge < -0.3 is 84.6 Å². The minimum absolute atomic E-state index is 0.0639. The Labute approximate surface area is 381 Å². The number of carbonyl (C=O) groups excluding carboxylic acids is 1. The van der Waals surface area contributed by atoms with Crippen molar-refractivity contribution in [1.82, 2.24) is 0 Å². The average Bonchev–Trinajstić information content (AvgIpc) is 3.27. The molecular weight excluding hydrogens is 852 g/mol. The largest absolute Gasteiger partial charge is 0.432 e. The van der Waals surface area contributed by atoms with Crippen LogP contribution in [0.5, 0.6) is 0 Å². The summed E-state index contributed by atoms with van der Waals surface area (Å²) in [6.45, 7) is 12.1. The molecule has 0 radical (unpaired) electrons. The molecule has 3 saturated heterocycles. The van der Waals surface area contributed by atoms with Crippen LogP contribution in [0.1, 0.15) is 112 Å². The summed E-state index contributed by atoms with van der Waals surface area (Å²) in [4.78, 5) is 14.6. The molecule has 4 aliphatic carbocycles. The number of aliphatic hydroxyl groups excluding tert-OH is 11. The van der Waals surface area contributed by atoms with E-state index in [9.17, 15) is 61.0 Å². The number of ether oxygens (including phenoxy) is 6. The Morgan fingerprint density at radius 2 is 1.37 bits per heavy atom. The predicted octanol–water partition coefficient (Wildman–Crippen LogP) is 0.142. The van der Waals surface area contributed by atoms with Crippen molar-refractivity contribution in [3.8, 4) is 0 Å². The first-order valence-corrected chi connectivity index (χ1v) is 23.9. The van der Waals surface area contributed by atoms with Crippen LogP contribution >= 0.6 is 0 Å². The van der Waals surface area contributed by atoms with E-state index in [4.69, 9.17) is 28.4 Å². The maximum absolute atomic E-state index is 14.6. The summed E-state index contributed by atoms with van der Waals surface area (Å²) in [5.74, 6) is -0.0953. The zero-order valence-corrected chi connectivity index (χ0v) is 38.9. The highest BCUT2D eigenvalue weighted by atomic mass is 16.7. The molecule has 0 aromatic heterocycles. The molecule has 374 valence electrons. The number of rotatable bonds is 13. The molecule has 3 saturated carbocycles. The molecule has 0 aromatic carbocycles. The summed E-state index contributed by atoms with van der Waals surface area (Å²) in [7, 11) is 0. The lowest BCUT2D eigenvalue weighted by Crippen LogP contribution is -2.63. The van der Waals surface area contributed by atoms with Gasteiger partial charge in [0.05, 0.1) is 31.3 Å². The molecule has 0 amide bonds. The highest BCUT2D eigenvalue weighted by Gasteiger charge is 2.67. The van der Waals surface area contributed by atoms with Crippen molar-refractivity contribution in [3.05, 3.63) is 11.6 Å². The molecule has 6 fully saturated rings. The number of esters is 1. The second-order valence-corrected chi connectivity index (χ2v) is 22.2. The monoisotopic (exact) mass is 931 g/mol. The Morgan fingerprint density at radius 3 is 2.00 bits per heavy atom. The summed E-state index contributed by atoms with van der Waals surface area (Å²) < 4.78 is 35.0. The predicted molar refractivity (Wildman–Crippen MR) is 228 cm³/mol. The third-order valence-electron chi connectivity index (χ3n) is 18.2. The maximum Gasteiger partial charge on any atom is 0.315 e. The molecule has 7 aliphatic rings. The first kappa shape index (κ1) is 51.4. The first-order chi connectivity index (χ1) is 30.5. The van der Waals surface area contributed by atoms with Gasteiger partial charge in [0.15, 0.2) is 12.6 Å². The maximum atomic E-state index is 14.6. The normalized spacial score (nSPS) is 50.3. The molecule has 22 atom stereocenters. The molecule has 7 rings (SSSR count). The third-order valence-corrected chi connectivity index (χ3v) is 18.2. The fraction of sp³-hybridized carbons (Fsp3) is 0.936. The second-order valence-electron chi connectivity index (χ2n) is 22.2. The van der Waals surface area contributed by atoms with Crippen LogP contribution < -0.4 is 0 Å². The van der Waals surface area contributed by atoms with Gasteiger partial charge in [-0.1, -0.05) is 53.2 Å². The van der Waals surface area contributed by atoms with E-state index in [1.807, 2.05) is 0 Å². The molecule has 0 spiro atoms. The van der Waals surface area contributed by atoms with Gasteiger partial charge in [-0.15, -0.1) is 0 Å². The first-order valence-electron chi connectivity index (χ1n) is 23.9. The number of hydrogen-bond acceptors (Lipinski definition) is 18. The van der Waals surface area contributed by atoms with E-state index in [-0.39, 0.29) is 53.1 Å². The molecule has 0 aromatic rings. The van der Waals surface area contributed by atoms with Crippen molar-refractivity contribution < 1.29 is 89.4 Å². The Hall–Kier alpha value is -1.43. The van der Waals surface area contributed by atoms with Gasteiger partial charge in [-0.2, -0.15) is 0 Å².